The van der Waals surface area contributed by atoms with E-state index in [2.05, 4.69) is 0 Å². The Labute approximate surface area is 182 Å². The van der Waals surface area contributed by atoms with Crippen molar-refractivity contribution in [1.82, 2.24) is 4.57 Å². The van der Waals surface area contributed by atoms with Crippen molar-refractivity contribution in [2.75, 3.05) is 7.11 Å². The fourth-order valence-electron chi connectivity index (χ4n) is 4.09. The van der Waals surface area contributed by atoms with Crippen molar-refractivity contribution in [2.24, 2.45) is 7.05 Å². The summed E-state index contributed by atoms with van der Waals surface area (Å²) in [4.78, 5) is 25.5. The van der Waals surface area contributed by atoms with Crippen LogP contribution in [0.1, 0.15) is 43.7 Å². The number of pyridine rings is 1. The molecule has 1 atom stereocenters. The van der Waals surface area contributed by atoms with Gasteiger partial charge in [0.05, 0.1) is 18.4 Å². The van der Waals surface area contributed by atoms with Gasteiger partial charge in [-0.2, -0.15) is 0 Å². The fourth-order valence-corrected chi connectivity index (χ4v) is 4.09. The van der Waals surface area contributed by atoms with Gasteiger partial charge < -0.3 is 19.1 Å². The van der Waals surface area contributed by atoms with Crippen molar-refractivity contribution in [1.29, 1.82) is 0 Å². The number of aliphatic carboxylic acids is 1. The predicted octanol–water partition coefficient (Wildman–Crippen LogP) is 4.77. The van der Waals surface area contributed by atoms with E-state index in [9.17, 15) is 14.7 Å². The Balaban J connectivity index is 2.50. The van der Waals surface area contributed by atoms with Gasteiger partial charge in [0, 0.05) is 18.0 Å². The molecule has 6 heteroatoms. The van der Waals surface area contributed by atoms with Crippen LogP contribution in [0.25, 0.3) is 21.9 Å². The molecule has 3 rings (SSSR count). The second-order valence-corrected chi connectivity index (χ2v) is 8.76. The van der Waals surface area contributed by atoms with Gasteiger partial charge in [-0.3, -0.25) is 4.79 Å². The molecule has 0 aliphatic carbocycles. The quantitative estimate of drug-likeness (QED) is 0.639. The lowest BCUT2D eigenvalue weighted by Crippen LogP contribution is -2.32. The number of hydrogen-bond acceptors (Lipinski definition) is 4. The van der Waals surface area contributed by atoms with Crippen molar-refractivity contribution in [3.63, 3.8) is 0 Å². The Morgan fingerprint density at radius 2 is 1.61 bits per heavy atom. The van der Waals surface area contributed by atoms with E-state index in [-0.39, 0.29) is 5.56 Å². The van der Waals surface area contributed by atoms with Crippen LogP contribution in [0, 0.1) is 13.8 Å². The maximum atomic E-state index is 13.2. The van der Waals surface area contributed by atoms with E-state index in [1.165, 1.54) is 4.57 Å². The third-order valence-electron chi connectivity index (χ3n) is 5.25. The number of rotatable bonds is 5. The molecule has 0 radical (unpaired) electrons. The van der Waals surface area contributed by atoms with E-state index in [0.29, 0.717) is 22.0 Å². The lowest BCUT2D eigenvalue weighted by atomic mass is 9.92. The third kappa shape index (κ3) is 4.21. The summed E-state index contributed by atoms with van der Waals surface area (Å²) in [6, 6.07) is 11.2. The Hall–Kier alpha value is -3.12. The van der Waals surface area contributed by atoms with Gasteiger partial charge in [-0.1, -0.05) is 18.2 Å². The summed E-state index contributed by atoms with van der Waals surface area (Å²) in [5.74, 6) is -0.372. The second-order valence-electron chi connectivity index (χ2n) is 8.76. The smallest absolute Gasteiger partial charge is 0.339 e. The lowest BCUT2D eigenvalue weighted by molar-refractivity contribution is -0.161. The number of nitrogens with zero attached hydrogens (tertiary/aromatic N) is 1. The summed E-state index contributed by atoms with van der Waals surface area (Å²) >= 11 is 0. The third-order valence-corrected chi connectivity index (χ3v) is 5.25. The summed E-state index contributed by atoms with van der Waals surface area (Å²) < 4.78 is 12.9. The van der Waals surface area contributed by atoms with E-state index in [0.717, 1.165) is 22.4 Å². The second kappa shape index (κ2) is 8.19. The molecule has 0 amide bonds. The average molecular weight is 424 g/mol. The number of methoxy groups -OCH3 is 1. The topological polar surface area (TPSA) is 77.8 Å². The molecule has 164 valence electrons. The van der Waals surface area contributed by atoms with Gasteiger partial charge in [0.2, 0.25) is 0 Å². The Bertz CT molecular complexity index is 1190. The van der Waals surface area contributed by atoms with Gasteiger partial charge in [-0.25, -0.2) is 4.79 Å². The number of carboxylic acids is 1. The van der Waals surface area contributed by atoms with Crippen LogP contribution < -0.4 is 10.3 Å². The molecule has 0 spiro atoms. The summed E-state index contributed by atoms with van der Waals surface area (Å²) in [5.41, 5.74) is 2.64. The molecule has 0 bridgehead atoms. The van der Waals surface area contributed by atoms with E-state index in [1.54, 1.807) is 47.1 Å². The highest BCUT2D eigenvalue weighted by atomic mass is 16.5. The van der Waals surface area contributed by atoms with Crippen molar-refractivity contribution in [3.8, 4) is 16.9 Å². The number of ether oxygens (including phenoxy) is 2. The number of aromatic nitrogens is 1. The molecule has 0 aliphatic heterocycles. The van der Waals surface area contributed by atoms with Crippen molar-refractivity contribution >= 4 is 16.7 Å². The minimum atomic E-state index is -1.32. The molecule has 0 saturated carbocycles. The van der Waals surface area contributed by atoms with E-state index >= 15 is 0 Å². The molecular weight excluding hydrogens is 394 g/mol. The van der Waals surface area contributed by atoms with Gasteiger partial charge >= 0.3 is 5.97 Å². The monoisotopic (exact) mass is 423 g/mol. The van der Waals surface area contributed by atoms with Crippen LogP contribution in [-0.4, -0.2) is 28.4 Å². The Morgan fingerprint density at radius 1 is 1.06 bits per heavy atom. The molecule has 1 unspecified atom stereocenters. The maximum Gasteiger partial charge on any atom is 0.339 e. The first kappa shape index (κ1) is 22.6. The summed E-state index contributed by atoms with van der Waals surface area (Å²) in [6.45, 7) is 9.27. The van der Waals surface area contributed by atoms with Crippen LogP contribution in [0.5, 0.6) is 5.75 Å². The zero-order valence-corrected chi connectivity index (χ0v) is 19.1. The molecular formula is C25H29NO5. The minimum Gasteiger partial charge on any atom is -0.496 e. The van der Waals surface area contributed by atoms with Gasteiger partial charge in [-0.05, 0) is 74.9 Å². The molecule has 1 aromatic heterocycles. The van der Waals surface area contributed by atoms with E-state index in [1.807, 2.05) is 38.1 Å². The van der Waals surface area contributed by atoms with Gasteiger partial charge in [0.1, 0.15) is 5.75 Å². The molecule has 2 aromatic carbocycles. The highest BCUT2D eigenvalue weighted by Crippen LogP contribution is 2.39. The van der Waals surface area contributed by atoms with Gasteiger partial charge in [0.15, 0.2) is 6.10 Å². The van der Waals surface area contributed by atoms with Crippen LogP contribution in [0.4, 0.5) is 0 Å². The molecule has 0 aliphatic rings. The lowest BCUT2D eigenvalue weighted by Gasteiger charge is -2.28. The molecule has 1 heterocycles. The zero-order valence-electron chi connectivity index (χ0n) is 19.1. The largest absolute Gasteiger partial charge is 0.496 e. The normalized spacial score (nSPS) is 12.7. The molecule has 0 fully saturated rings. The first-order valence-corrected chi connectivity index (χ1v) is 10.1. The first-order valence-electron chi connectivity index (χ1n) is 10.1. The highest BCUT2D eigenvalue weighted by Gasteiger charge is 2.33. The fraction of sp³-hybridized carbons (Fsp3) is 0.360. The number of fused-ring (bicyclic) bond motifs is 1. The SMILES string of the molecule is COc1c(C)cc(-c2c(C(OC(C)(C)C)C(=O)O)n(C)c(=O)c3ccccc23)cc1C. The van der Waals surface area contributed by atoms with E-state index < -0.39 is 17.7 Å². The first-order chi connectivity index (χ1) is 14.5. The van der Waals surface area contributed by atoms with Gasteiger partial charge in [0.25, 0.3) is 5.56 Å². The number of carbonyl (C=O) groups is 1. The summed E-state index contributed by atoms with van der Waals surface area (Å²) in [6.07, 6.45) is -1.32. The number of carboxylic acid groups (broad SMARTS) is 1. The van der Waals surface area contributed by atoms with Crippen LogP contribution in [0.3, 0.4) is 0 Å². The van der Waals surface area contributed by atoms with Crippen molar-refractivity contribution in [2.45, 2.75) is 46.3 Å². The van der Waals surface area contributed by atoms with Crippen molar-refractivity contribution in [3.05, 3.63) is 63.6 Å². The van der Waals surface area contributed by atoms with Crippen LogP contribution in [0.2, 0.25) is 0 Å². The average Bonchev–Trinajstić information content (AvgIpc) is 2.68. The summed E-state index contributed by atoms with van der Waals surface area (Å²) in [7, 11) is 3.22. The molecule has 31 heavy (non-hydrogen) atoms. The zero-order chi connectivity index (χ0) is 23.1. The standard InChI is InChI=1S/C25H29NO5/c1-14-12-16(13-15(2)21(14)30-7)19-17-10-8-9-11-18(17)23(27)26(6)20(19)22(24(28)29)31-25(3,4)5/h8-13,22H,1-7H3,(H,28,29). The van der Waals surface area contributed by atoms with Gasteiger partial charge in [-0.15, -0.1) is 0 Å². The highest BCUT2D eigenvalue weighted by molar-refractivity contribution is 5.99. The Morgan fingerprint density at radius 3 is 2.10 bits per heavy atom. The summed E-state index contributed by atoms with van der Waals surface area (Å²) in [5, 5.41) is 11.3. The predicted molar refractivity (Wildman–Crippen MR) is 122 cm³/mol. The number of aryl methyl sites for hydroxylation is 2. The minimum absolute atomic E-state index is 0.264. The van der Waals surface area contributed by atoms with E-state index in [4.69, 9.17) is 9.47 Å². The maximum absolute atomic E-state index is 13.2. The number of benzene rings is 2. The molecule has 1 N–H and O–H groups in total. The molecule has 3 aromatic rings. The van der Waals surface area contributed by atoms with Crippen LogP contribution >= 0.6 is 0 Å². The molecule has 0 saturated heterocycles. The Kier molecular flexibility index (Phi) is 5.96. The number of hydrogen-bond donors (Lipinski definition) is 1. The van der Waals surface area contributed by atoms with Crippen LogP contribution in [0.15, 0.2) is 41.2 Å². The molecule has 6 nitrogen and oxygen atoms in total. The van der Waals surface area contributed by atoms with Crippen molar-refractivity contribution < 1.29 is 19.4 Å². The van der Waals surface area contributed by atoms with Crippen LogP contribution in [-0.2, 0) is 16.6 Å².